The number of guanidine groups is 1. The fraction of sp³-hybridized carbons (Fsp3) is 0.571. The van der Waals surface area contributed by atoms with Gasteiger partial charge < -0.3 is 20.5 Å². The van der Waals surface area contributed by atoms with Gasteiger partial charge in [-0.25, -0.2) is 0 Å². The summed E-state index contributed by atoms with van der Waals surface area (Å²) in [6.45, 7) is 6.72. The van der Waals surface area contributed by atoms with Crippen molar-refractivity contribution in [3.05, 3.63) is 24.0 Å². The van der Waals surface area contributed by atoms with E-state index in [2.05, 4.69) is 20.9 Å². The molecule has 0 bridgehead atoms. The van der Waals surface area contributed by atoms with E-state index in [0.717, 1.165) is 5.56 Å². The van der Waals surface area contributed by atoms with Gasteiger partial charge in [0.2, 0.25) is 5.91 Å². The van der Waals surface area contributed by atoms with Crippen molar-refractivity contribution in [2.45, 2.75) is 32.9 Å². The van der Waals surface area contributed by atoms with Gasteiger partial charge in [-0.1, -0.05) is 0 Å². The number of nitrogens with zero attached hydrogens (tertiary/aromatic N) is 2. The Labute approximate surface area is 143 Å². The molecule has 0 aromatic carbocycles. The van der Waals surface area contributed by atoms with Crippen LogP contribution in [-0.2, 0) is 18.4 Å². The number of amides is 1. The second kappa shape index (κ2) is 8.91. The molecule has 120 valence electrons. The zero-order chi connectivity index (χ0) is 15.2. The summed E-state index contributed by atoms with van der Waals surface area (Å²) in [4.78, 5) is 15.8. The molecule has 0 spiro atoms. The van der Waals surface area contributed by atoms with Crippen molar-refractivity contribution in [3.8, 4) is 0 Å². The summed E-state index contributed by atoms with van der Waals surface area (Å²) in [5.41, 5.74) is 0.939. The molecule has 0 aliphatic carbocycles. The fourth-order valence-corrected chi connectivity index (χ4v) is 1.70. The molecule has 0 fully saturated rings. The van der Waals surface area contributed by atoms with Crippen LogP contribution in [-0.4, -0.2) is 35.6 Å². The van der Waals surface area contributed by atoms with E-state index in [0.29, 0.717) is 12.5 Å². The van der Waals surface area contributed by atoms with Crippen LogP contribution in [0.1, 0.15) is 26.3 Å². The molecule has 0 aliphatic heterocycles. The zero-order valence-corrected chi connectivity index (χ0v) is 15.7. The van der Waals surface area contributed by atoms with Crippen LogP contribution in [0.2, 0.25) is 0 Å². The number of hydrogen-bond donors (Lipinski definition) is 3. The van der Waals surface area contributed by atoms with Gasteiger partial charge in [-0.05, 0) is 32.4 Å². The highest BCUT2D eigenvalue weighted by Crippen LogP contribution is 1.98. The minimum Gasteiger partial charge on any atom is -0.357 e. The number of hydrogen-bond acceptors (Lipinski definition) is 2. The molecule has 0 saturated carbocycles. The van der Waals surface area contributed by atoms with E-state index in [9.17, 15) is 4.79 Å². The first-order chi connectivity index (χ1) is 9.30. The molecule has 0 saturated heterocycles. The molecular formula is C14H26IN5O. The number of halogens is 1. The molecule has 1 heterocycles. The van der Waals surface area contributed by atoms with E-state index < -0.39 is 0 Å². The van der Waals surface area contributed by atoms with Crippen molar-refractivity contribution < 1.29 is 4.79 Å². The number of carbonyl (C=O) groups is 1. The second-order valence-corrected chi connectivity index (χ2v) is 5.76. The lowest BCUT2D eigenvalue weighted by Crippen LogP contribution is -2.48. The van der Waals surface area contributed by atoms with Gasteiger partial charge in [0, 0.05) is 38.6 Å². The zero-order valence-electron chi connectivity index (χ0n) is 13.4. The number of rotatable bonds is 4. The van der Waals surface area contributed by atoms with E-state index in [1.807, 2.05) is 50.8 Å². The van der Waals surface area contributed by atoms with Gasteiger partial charge in [0.1, 0.15) is 0 Å². The molecule has 1 amide bonds. The van der Waals surface area contributed by atoms with Crippen molar-refractivity contribution in [1.29, 1.82) is 0 Å². The Morgan fingerprint density at radius 1 is 1.33 bits per heavy atom. The smallest absolute Gasteiger partial charge is 0.239 e. The summed E-state index contributed by atoms with van der Waals surface area (Å²) in [6.07, 6.45) is 4.02. The normalized spacial score (nSPS) is 11.6. The van der Waals surface area contributed by atoms with Crippen LogP contribution < -0.4 is 16.0 Å². The Morgan fingerprint density at radius 2 is 2.00 bits per heavy atom. The van der Waals surface area contributed by atoms with E-state index in [1.54, 1.807) is 7.05 Å². The summed E-state index contributed by atoms with van der Waals surface area (Å²) < 4.78 is 1.99. The van der Waals surface area contributed by atoms with Crippen molar-refractivity contribution in [3.63, 3.8) is 0 Å². The van der Waals surface area contributed by atoms with Gasteiger partial charge in [-0.2, -0.15) is 0 Å². The maximum Gasteiger partial charge on any atom is 0.239 e. The lowest BCUT2D eigenvalue weighted by molar-refractivity contribution is -0.121. The number of aromatic nitrogens is 1. The lowest BCUT2D eigenvalue weighted by atomic mass is 10.1. The molecule has 0 unspecified atom stereocenters. The molecule has 6 nitrogen and oxygen atoms in total. The Morgan fingerprint density at radius 3 is 2.48 bits per heavy atom. The summed E-state index contributed by atoms with van der Waals surface area (Å²) >= 11 is 0. The quantitative estimate of drug-likeness (QED) is 0.400. The van der Waals surface area contributed by atoms with Gasteiger partial charge in [0.15, 0.2) is 5.96 Å². The van der Waals surface area contributed by atoms with Crippen LogP contribution in [0.15, 0.2) is 23.5 Å². The van der Waals surface area contributed by atoms with Gasteiger partial charge >= 0.3 is 0 Å². The van der Waals surface area contributed by atoms with Crippen molar-refractivity contribution >= 4 is 35.8 Å². The van der Waals surface area contributed by atoms with E-state index in [4.69, 9.17) is 0 Å². The van der Waals surface area contributed by atoms with E-state index >= 15 is 0 Å². The van der Waals surface area contributed by atoms with Gasteiger partial charge in [0.25, 0.3) is 0 Å². The first-order valence-corrected chi connectivity index (χ1v) is 6.66. The summed E-state index contributed by atoms with van der Waals surface area (Å²) in [5, 5.41) is 9.04. The molecule has 0 aliphatic rings. The van der Waals surface area contributed by atoms with Crippen molar-refractivity contribution in [1.82, 2.24) is 20.5 Å². The summed E-state index contributed by atoms with van der Waals surface area (Å²) in [5.74, 6) is 0.554. The topological polar surface area (TPSA) is 70.4 Å². The molecule has 7 heteroatoms. The molecule has 0 radical (unpaired) electrons. The lowest BCUT2D eigenvalue weighted by Gasteiger charge is -2.21. The third-order valence-corrected chi connectivity index (χ3v) is 2.51. The molecular weight excluding hydrogens is 381 g/mol. The predicted octanol–water partition coefficient (Wildman–Crippen LogP) is 1.22. The maximum absolute atomic E-state index is 11.7. The monoisotopic (exact) mass is 407 g/mol. The first kappa shape index (κ1) is 19.8. The highest BCUT2D eigenvalue weighted by atomic mass is 127. The number of aliphatic imine (C=N–C) groups is 1. The number of nitrogens with one attached hydrogen (secondary N) is 3. The van der Waals surface area contributed by atoms with Crippen LogP contribution >= 0.6 is 24.0 Å². The molecule has 1 aromatic heterocycles. The Bertz CT molecular complexity index is 476. The van der Waals surface area contributed by atoms with Crippen molar-refractivity contribution in [2.75, 3.05) is 13.6 Å². The summed E-state index contributed by atoms with van der Waals surface area (Å²) in [7, 11) is 3.66. The third-order valence-electron chi connectivity index (χ3n) is 2.51. The number of aryl methyl sites for hydroxylation is 1. The standard InChI is InChI=1S/C14H25N5O.HI/c1-14(2,3)18-12(20)9-17-13(15-4)16-8-11-6-7-19(5)10-11;/h6-7,10H,8-9H2,1-5H3,(H,18,20)(H2,15,16,17);1H. The molecule has 1 rings (SSSR count). The highest BCUT2D eigenvalue weighted by molar-refractivity contribution is 14.0. The van der Waals surface area contributed by atoms with Crippen LogP contribution in [0.5, 0.6) is 0 Å². The minimum atomic E-state index is -0.222. The van der Waals surface area contributed by atoms with Gasteiger partial charge in [0.05, 0.1) is 6.54 Å². The first-order valence-electron chi connectivity index (χ1n) is 6.66. The summed E-state index contributed by atoms with van der Waals surface area (Å²) in [6, 6.07) is 2.03. The molecule has 0 atom stereocenters. The third kappa shape index (κ3) is 8.59. The predicted molar refractivity (Wildman–Crippen MR) is 96.9 cm³/mol. The van der Waals surface area contributed by atoms with Crippen LogP contribution in [0.4, 0.5) is 0 Å². The van der Waals surface area contributed by atoms with Crippen LogP contribution in [0.3, 0.4) is 0 Å². The van der Waals surface area contributed by atoms with E-state index in [-0.39, 0.29) is 42.0 Å². The van der Waals surface area contributed by atoms with Gasteiger partial charge in [-0.15, -0.1) is 24.0 Å². The average molecular weight is 407 g/mol. The molecule has 3 N–H and O–H groups in total. The molecule has 1 aromatic rings. The Kier molecular flexibility index (Phi) is 8.38. The fourth-order valence-electron chi connectivity index (χ4n) is 1.70. The van der Waals surface area contributed by atoms with Gasteiger partial charge in [-0.3, -0.25) is 9.79 Å². The second-order valence-electron chi connectivity index (χ2n) is 5.76. The Balaban J connectivity index is 0.00000400. The maximum atomic E-state index is 11.7. The van der Waals surface area contributed by atoms with Crippen LogP contribution in [0, 0.1) is 0 Å². The largest absolute Gasteiger partial charge is 0.357 e. The Hall–Kier alpha value is -1.25. The van der Waals surface area contributed by atoms with Crippen LogP contribution in [0.25, 0.3) is 0 Å². The average Bonchev–Trinajstić information content (AvgIpc) is 2.73. The molecule has 21 heavy (non-hydrogen) atoms. The minimum absolute atomic E-state index is 0. The van der Waals surface area contributed by atoms with Crippen molar-refractivity contribution in [2.24, 2.45) is 12.0 Å². The SMILES string of the molecule is CN=C(NCC(=O)NC(C)(C)C)NCc1ccn(C)c1.I. The highest BCUT2D eigenvalue weighted by Gasteiger charge is 2.13. The van der Waals surface area contributed by atoms with E-state index in [1.165, 1.54) is 0 Å². The number of carbonyl (C=O) groups excluding carboxylic acids is 1.